The zero-order chi connectivity index (χ0) is 17.2. The summed E-state index contributed by atoms with van der Waals surface area (Å²) >= 11 is 1.10. The lowest BCUT2D eigenvalue weighted by molar-refractivity contribution is 0.583. The van der Waals surface area contributed by atoms with Crippen molar-refractivity contribution in [3.63, 3.8) is 0 Å². The Hall–Kier alpha value is -2.36. The highest BCUT2D eigenvalue weighted by Gasteiger charge is 2.17. The Balaban J connectivity index is 1.81. The molecule has 3 rings (SSSR count). The zero-order valence-corrected chi connectivity index (χ0v) is 14.3. The van der Waals surface area contributed by atoms with Crippen LogP contribution in [-0.2, 0) is 23.6 Å². The molecule has 0 atom stereocenters. The Morgan fingerprint density at radius 2 is 2.12 bits per heavy atom. The van der Waals surface area contributed by atoms with Crippen molar-refractivity contribution in [2.24, 2.45) is 7.05 Å². The number of aromatic nitrogens is 3. The second kappa shape index (κ2) is 6.63. The SMILES string of the molecule is Cn1nc(-c2csc(S(=O)(=O)NCc3cccnc3)c2)ccc1=O. The van der Waals surface area contributed by atoms with Crippen LogP contribution in [0.4, 0.5) is 0 Å². The minimum atomic E-state index is -3.62. The van der Waals surface area contributed by atoms with Gasteiger partial charge in [0.25, 0.3) is 5.56 Å². The van der Waals surface area contributed by atoms with Crippen LogP contribution < -0.4 is 10.3 Å². The van der Waals surface area contributed by atoms with Crippen molar-refractivity contribution >= 4 is 21.4 Å². The summed E-state index contributed by atoms with van der Waals surface area (Å²) < 4.78 is 28.7. The average molecular weight is 362 g/mol. The van der Waals surface area contributed by atoms with Gasteiger partial charge < -0.3 is 0 Å². The number of rotatable bonds is 5. The summed E-state index contributed by atoms with van der Waals surface area (Å²) in [6, 6.07) is 8.06. The van der Waals surface area contributed by atoms with E-state index in [9.17, 15) is 13.2 Å². The number of thiophene rings is 1. The minimum Gasteiger partial charge on any atom is -0.268 e. The lowest BCUT2D eigenvalue weighted by Crippen LogP contribution is -2.22. The van der Waals surface area contributed by atoms with Crippen molar-refractivity contribution in [1.29, 1.82) is 0 Å². The summed E-state index contributed by atoms with van der Waals surface area (Å²) in [6.07, 6.45) is 3.24. The van der Waals surface area contributed by atoms with Crippen LogP contribution in [0.3, 0.4) is 0 Å². The molecule has 0 saturated heterocycles. The Kier molecular flexibility index (Phi) is 4.56. The normalized spacial score (nSPS) is 11.5. The molecular formula is C15H14N4O3S2. The second-order valence-corrected chi connectivity index (χ2v) is 7.93. The van der Waals surface area contributed by atoms with Gasteiger partial charge in [-0.3, -0.25) is 9.78 Å². The number of nitrogens with one attached hydrogen (secondary N) is 1. The topological polar surface area (TPSA) is 93.9 Å². The lowest BCUT2D eigenvalue weighted by Gasteiger charge is -2.04. The highest BCUT2D eigenvalue weighted by atomic mass is 32.2. The van der Waals surface area contributed by atoms with Gasteiger partial charge in [0.15, 0.2) is 0 Å². The maximum Gasteiger partial charge on any atom is 0.266 e. The van der Waals surface area contributed by atoms with Crippen LogP contribution in [-0.4, -0.2) is 23.2 Å². The van der Waals surface area contributed by atoms with Crippen molar-refractivity contribution in [1.82, 2.24) is 19.5 Å². The van der Waals surface area contributed by atoms with Crippen molar-refractivity contribution in [3.05, 3.63) is 64.0 Å². The molecule has 3 heterocycles. The fourth-order valence-electron chi connectivity index (χ4n) is 2.00. The molecule has 3 aromatic rings. The molecule has 24 heavy (non-hydrogen) atoms. The average Bonchev–Trinajstić information content (AvgIpc) is 3.08. The van der Waals surface area contributed by atoms with Crippen LogP contribution in [0.25, 0.3) is 11.3 Å². The quantitative estimate of drug-likeness (QED) is 0.740. The molecule has 0 aliphatic rings. The molecule has 0 bridgehead atoms. The summed E-state index contributed by atoms with van der Waals surface area (Å²) in [5.74, 6) is 0. The first-order valence-corrected chi connectivity index (χ1v) is 9.34. The second-order valence-electron chi connectivity index (χ2n) is 5.02. The van der Waals surface area contributed by atoms with E-state index in [1.54, 1.807) is 49.1 Å². The third kappa shape index (κ3) is 3.58. The maximum absolute atomic E-state index is 12.4. The summed E-state index contributed by atoms with van der Waals surface area (Å²) in [5.41, 5.74) is 1.75. The van der Waals surface area contributed by atoms with Crippen molar-refractivity contribution in [2.45, 2.75) is 10.8 Å². The standard InChI is InChI=1S/C15H14N4O3S2/c1-19-14(20)5-4-13(18-19)12-7-15(23-10-12)24(21,22)17-9-11-3-2-6-16-8-11/h2-8,10,17H,9H2,1H3. The molecule has 0 saturated carbocycles. The molecule has 0 radical (unpaired) electrons. The van der Waals surface area contributed by atoms with Crippen LogP contribution in [0.15, 0.2) is 57.1 Å². The molecular weight excluding hydrogens is 348 g/mol. The molecule has 0 aromatic carbocycles. The van der Waals surface area contributed by atoms with Gasteiger partial charge >= 0.3 is 0 Å². The van der Waals surface area contributed by atoms with Crippen LogP contribution in [0.2, 0.25) is 0 Å². The number of aryl methyl sites for hydroxylation is 1. The Morgan fingerprint density at radius 3 is 2.83 bits per heavy atom. The number of sulfonamides is 1. The number of pyridine rings is 1. The molecule has 1 N–H and O–H groups in total. The molecule has 0 amide bonds. The van der Waals surface area contributed by atoms with Crippen LogP contribution in [0, 0.1) is 0 Å². The van der Waals surface area contributed by atoms with E-state index in [1.165, 1.54) is 10.7 Å². The minimum absolute atomic E-state index is 0.168. The Labute approximate surface area is 142 Å². The first-order valence-electron chi connectivity index (χ1n) is 6.97. The van der Waals surface area contributed by atoms with E-state index in [1.807, 2.05) is 0 Å². The molecule has 0 aliphatic heterocycles. The molecule has 7 nitrogen and oxygen atoms in total. The van der Waals surface area contributed by atoms with Gasteiger partial charge in [0.2, 0.25) is 10.0 Å². The summed E-state index contributed by atoms with van der Waals surface area (Å²) in [6.45, 7) is 0.168. The predicted octanol–water partition coefficient (Wildman–Crippen LogP) is 1.38. The zero-order valence-electron chi connectivity index (χ0n) is 12.7. The van der Waals surface area contributed by atoms with E-state index >= 15 is 0 Å². The monoisotopic (exact) mass is 362 g/mol. The van der Waals surface area contributed by atoms with Gasteiger partial charge in [-0.25, -0.2) is 17.8 Å². The van der Waals surface area contributed by atoms with Crippen LogP contribution in [0.5, 0.6) is 0 Å². The smallest absolute Gasteiger partial charge is 0.266 e. The fourth-order valence-corrected chi connectivity index (χ4v) is 4.24. The van der Waals surface area contributed by atoms with Gasteiger partial charge in [-0.1, -0.05) is 6.07 Å². The van der Waals surface area contributed by atoms with Crippen LogP contribution >= 0.6 is 11.3 Å². The fraction of sp³-hybridized carbons (Fsp3) is 0.133. The third-order valence-corrected chi connectivity index (χ3v) is 6.13. The summed E-state index contributed by atoms with van der Waals surface area (Å²) in [4.78, 5) is 15.3. The number of hydrogen-bond donors (Lipinski definition) is 1. The van der Waals surface area contributed by atoms with Gasteiger partial charge in [0, 0.05) is 43.0 Å². The molecule has 0 spiro atoms. The lowest BCUT2D eigenvalue weighted by atomic mass is 10.2. The van der Waals surface area contributed by atoms with Gasteiger partial charge in [0.1, 0.15) is 4.21 Å². The van der Waals surface area contributed by atoms with E-state index < -0.39 is 10.0 Å². The van der Waals surface area contributed by atoms with Crippen molar-refractivity contribution < 1.29 is 8.42 Å². The molecule has 3 aromatic heterocycles. The molecule has 0 fully saturated rings. The van der Waals surface area contributed by atoms with Gasteiger partial charge in [-0.05, 0) is 23.8 Å². The highest BCUT2D eigenvalue weighted by Crippen LogP contribution is 2.26. The number of hydrogen-bond acceptors (Lipinski definition) is 6. The summed E-state index contributed by atoms with van der Waals surface area (Å²) in [7, 11) is -2.07. The van der Waals surface area contributed by atoms with E-state index in [0.717, 1.165) is 16.9 Å². The molecule has 0 aliphatic carbocycles. The molecule has 124 valence electrons. The Bertz CT molecular complexity index is 1010. The molecule has 0 unspecified atom stereocenters. The first kappa shape index (κ1) is 16.5. The van der Waals surface area contributed by atoms with Gasteiger partial charge in [0.05, 0.1) is 5.69 Å². The first-order chi connectivity index (χ1) is 11.5. The largest absolute Gasteiger partial charge is 0.268 e. The number of nitrogens with zero attached hydrogens (tertiary/aromatic N) is 3. The summed E-state index contributed by atoms with van der Waals surface area (Å²) in [5, 5.41) is 5.82. The van der Waals surface area contributed by atoms with E-state index in [-0.39, 0.29) is 16.3 Å². The third-order valence-electron chi connectivity index (χ3n) is 3.29. The van der Waals surface area contributed by atoms with Gasteiger partial charge in [-0.2, -0.15) is 5.10 Å². The van der Waals surface area contributed by atoms with E-state index in [2.05, 4.69) is 14.8 Å². The van der Waals surface area contributed by atoms with Gasteiger partial charge in [-0.15, -0.1) is 11.3 Å². The predicted molar refractivity (Wildman–Crippen MR) is 91.1 cm³/mol. The van der Waals surface area contributed by atoms with Crippen molar-refractivity contribution in [2.75, 3.05) is 0 Å². The van der Waals surface area contributed by atoms with E-state index in [4.69, 9.17) is 0 Å². The van der Waals surface area contributed by atoms with E-state index in [0.29, 0.717) is 11.3 Å². The highest BCUT2D eigenvalue weighted by molar-refractivity contribution is 7.91. The molecule has 9 heteroatoms. The van der Waals surface area contributed by atoms with Crippen molar-refractivity contribution in [3.8, 4) is 11.3 Å². The Morgan fingerprint density at radius 1 is 1.29 bits per heavy atom. The maximum atomic E-state index is 12.4. The van der Waals surface area contributed by atoms with Crippen LogP contribution in [0.1, 0.15) is 5.56 Å².